The fourth-order valence-electron chi connectivity index (χ4n) is 1.86. The van der Waals surface area contributed by atoms with E-state index in [1.54, 1.807) is 23.0 Å². The molecule has 0 saturated carbocycles. The Balaban J connectivity index is 2.06. The summed E-state index contributed by atoms with van der Waals surface area (Å²) in [5, 5.41) is 4.03. The third-order valence-electron chi connectivity index (χ3n) is 3.02. The molecule has 8 heteroatoms. The molecular formula is C13H16N4O2S2. The number of rotatable bonds is 6. The number of hydrogen-bond acceptors (Lipinski definition) is 4. The Hall–Kier alpha value is -1.77. The predicted molar refractivity (Wildman–Crippen MR) is 84.4 cm³/mol. The first-order valence-corrected chi connectivity index (χ1v) is 8.16. The van der Waals surface area contributed by atoms with Gasteiger partial charge >= 0.3 is 0 Å². The lowest BCUT2D eigenvalue weighted by atomic mass is 10.2. The van der Waals surface area contributed by atoms with Gasteiger partial charge in [0.15, 0.2) is 0 Å². The van der Waals surface area contributed by atoms with Crippen molar-refractivity contribution < 1.29 is 8.42 Å². The molecule has 2 aromatic rings. The lowest BCUT2D eigenvalue weighted by Gasteiger charge is -2.08. The molecule has 0 aliphatic rings. The average molecular weight is 324 g/mol. The van der Waals surface area contributed by atoms with Crippen molar-refractivity contribution in [3.63, 3.8) is 0 Å². The van der Waals surface area contributed by atoms with Crippen molar-refractivity contribution in [1.29, 1.82) is 0 Å². The zero-order valence-corrected chi connectivity index (χ0v) is 13.1. The normalized spacial score (nSPS) is 11.5. The molecule has 112 valence electrons. The molecule has 1 aromatic carbocycles. The SMILES string of the molecule is Cn1nccc1CCNS(=O)(=O)c1cccc(C(N)=S)c1. The maximum absolute atomic E-state index is 12.2. The molecular weight excluding hydrogens is 308 g/mol. The molecule has 1 aromatic heterocycles. The van der Waals surface area contributed by atoms with Crippen molar-refractivity contribution in [1.82, 2.24) is 14.5 Å². The van der Waals surface area contributed by atoms with Crippen LogP contribution in [-0.4, -0.2) is 29.7 Å². The van der Waals surface area contributed by atoms with Crippen LogP contribution in [-0.2, 0) is 23.5 Å². The predicted octanol–water partition coefficient (Wildman–Crippen LogP) is 0.575. The first-order chi connectivity index (χ1) is 9.90. The molecule has 21 heavy (non-hydrogen) atoms. The van der Waals surface area contributed by atoms with Crippen LogP contribution in [0.25, 0.3) is 0 Å². The van der Waals surface area contributed by atoms with Gasteiger partial charge in [-0.1, -0.05) is 24.4 Å². The Kier molecular flexibility index (Phi) is 4.71. The minimum atomic E-state index is -3.58. The molecule has 1 heterocycles. The van der Waals surface area contributed by atoms with Gasteiger partial charge in [-0.2, -0.15) is 5.10 Å². The van der Waals surface area contributed by atoms with E-state index in [-0.39, 0.29) is 9.88 Å². The van der Waals surface area contributed by atoms with Gasteiger partial charge in [-0.05, 0) is 18.2 Å². The van der Waals surface area contributed by atoms with Crippen LogP contribution in [0.2, 0.25) is 0 Å². The average Bonchev–Trinajstić information content (AvgIpc) is 2.84. The van der Waals surface area contributed by atoms with Gasteiger partial charge in [0.2, 0.25) is 10.0 Å². The van der Waals surface area contributed by atoms with Crippen LogP contribution >= 0.6 is 12.2 Å². The van der Waals surface area contributed by atoms with Crippen LogP contribution in [0, 0.1) is 0 Å². The number of benzene rings is 1. The summed E-state index contributed by atoms with van der Waals surface area (Å²) in [5.74, 6) is 0. The van der Waals surface area contributed by atoms with Crippen LogP contribution < -0.4 is 10.5 Å². The molecule has 6 nitrogen and oxygen atoms in total. The number of nitrogens with zero attached hydrogens (tertiary/aromatic N) is 2. The van der Waals surface area contributed by atoms with Crippen molar-refractivity contribution in [2.24, 2.45) is 12.8 Å². The number of nitrogens with two attached hydrogens (primary N) is 1. The molecule has 0 unspecified atom stereocenters. The summed E-state index contributed by atoms with van der Waals surface area (Å²) in [6.45, 7) is 0.291. The summed E-state index contributed by atoms with van der Waals surface area (Å²) in [7, 11) is -1.76. The molecule has 0 fully saturated rings. The highest BCUT2D eigenvalue weighted by atomic mass is 32.2. The molecule has 0 aliphatic heterocycles. The van der Waals surface area contributed by atoms with Crippen molar-refractivity contribution in [2.75, 3.05) is 6.54 Å². The van der Waals surface area contributed by atoms with Gasteiger partial charge in [0.05, 0.1) is 4.90 Å². The third kappa shape index (κ3) is 3.87. The Labute approximate surface area is 129 Å². The van der Waals surface area contributed by atoms with E-state index < -0.39 is 10.0 Å². The summed E-state index contributed by atoms with van der Waals surface area (Å²) < 4.78 is 28.7. The fourth-order valence-corrected chi connectivity index (χ4v) is 3.06. The Bertz CT molecular complexity index is 753. The highest BCUT2D eigenvalue weighted by molar-refractivity contribution is 7.89. The van der Waals surface area contributed by atoms with Crippen LogP contribution in [0.4, 0.5) is 0 Å². The molecule has 0 radical (unpaired) electrons. The number of hydrogen-bond donors (Lipinski definition) is 2. The van der Waals surface area contributed by atoms with Crippen LogP contribution in [0.3, 0.4) is 0 Å². The molecule has 0 amide bonds. The number of sulfonamides is 1. The molecule has 0 aliphatic carbocycles. The summed E-state index contributed by atoms with van der Waals surface area (Å²) in [5.41, 5.74) is 6.99. The summed E-state index contributed by atoms with van der Waals surface area (Å²) in [4.78, 5) is 0.319. The number of aromatic nitrogens is 2. The van der Waals surface area contributed by atoms with E-state index in [1.165, 1.54) is 12.1 Å². The van der Waals surface area contributed by atoms with Crippen LogP contribution in [0.5, 0.6) is 0 Å². The largest absolute Gasteiger partial charge is 0.389 e. The molecule has 3 N–H and O–H groups in total. The number of nitrogens with one attached hydrogen (secondary N) is 1. The highest BCUT2D eigenvalue weighted by Crippen LogP contribution is 2.11. The Morgan fingerprint density at radius 1 is 1.43 bits per heavy atom. The van der Waals surface area contributed by atoms with Gasteiger partial charge < -0.3 is 5.73 Å². The Morgan fingerprint density at radius 2 is 2.19 bits per heavy atom. The van der Waals surface area contributed by atoms with Crippen molar-refractivity contribution >= 4 is 27.2 Å². The van der Waals surface area contributed by atoms with E-state index >= 15 is 0 Å². The summed E-state index contributed by atoms with van der Waals surface area (Å²) in [6.07, 6.45) is 2.24. The molecule has 0 saturated heterocycles. The van der Waals surface area contributed by atoms with E-state index in [0.717, 1.165) is 5.69 Å². The minimum absolute atomic E-state index is 0.151. The standard InChI is InChI=1S/C13H16N4O2S2/c1-17-11(5-7-15-17)6-8-16-21(18,19)12-4-2-3-10(9-12)13(14)20/h2-5,7,9,16H,6,8H2,1H3,(H2,14,20). The smallest absolute Gasteiger partial charge is 0.240 e. The number of thiocarbonyl (C=S) groups is 1. The maximum atomic E-state index is 12.2. The Morgan fingerprint density at radius 3 is 2.81 bits per heavy atom. The van der Waals surface area contributed by atoms with Gasteiger partial charge in [-0.15, -0.1) is 0 Å². The molecule has 0 spiro atoms. The van der Waals surface area contributed by atoms with Crippen LogP contribution in [0.1, 0.15) is 11.3 Å². The monoisotopic (exact) mass is 324 g/mol. The molecule has 0 atom stereocenters. The van der Waals surface area contributed by atoms with Crippen molar-refractivity contribution in [3.8, 4) is 0 Å². The topological polar surface area (TPSA) is 90.0 Å². The van der Waals surface area contributed by atoms with Gasteiger partial charge in [0.25, 0.3) is 0 Å². The lowest BCUT2D eigenvalue weighted by molar-refractivity contribution is 0.579. The second kappa shape index (κ2) is 6.33. The zero-order chi connectivity index (χ0) is 15.5. The lowest BCUT2D eigenvalue weighted by Crippen LogP contribution is -2.26. The van der Waals surface area contributed by atoms with Crippen molar-refractivity contribution in [2.45, 2.75) is 11.3 Å². The number of aryl methyl sites for hydroxylation is 1. The third-order valence-corrected chi connectivity index (χ3v) is 4.72. The van der Waals surface area contributed by atoms with Gasteiger partial charge in [-0.25, -0.2) is 13.1 Å². The van der Waals surface area contributed by atoms with E-state index in [4.69, 9.17) is 18.0 Å². The second-order valence-electron chi connectivity index (χ2n) is 4.49. The van der Waals surface area contributed by atoms with Gasteiger partial charge in [0, 0.05) is 37.5 Å². The molecule has 2 rings (SSSR count). The van der Waals surface area contributed by atoms with Gasteiger partial charge in [-0.3, -0.25) is 4.68 Å². The van der Waals surface area contributed by atoms with E-state index in [0.29, 0.717) is 18.5 Å². The highest BCUT2D eigenvalue weighted by Gasteiger charge is 2.14. The van der Waals surface area contributed by atoms with E-state index in [9.17, 15) is 8.42 Å². The fraction of sp³-hybridized carbons (Fsp3) is 0.231. The first kappa shape index (κ1) is 15.6. The molecule has 0 bridgehead atoms. The summed E-state index contributed by atoms with van der Waals surface area (Å²) >= 11 is 4.85. The first-order valence-electron chi connectivity index (χ1n) is 6.26. The van der Waals surface area contributed by atoms with Crippen molar-refractivity contribution in [3.05, 3.63) is 47.8 Å². The van der Waals surface area contributed by atoms with Crippen LogP contribution in [0.15, 0.2) is 41.4 Å². The zero-order valence-electron chi connectivity index (χ0n) is 11.5. The van der Waals surface area contributed by atoms with E-state index in [2.05, 4.69) is 9.82 Å². The second-order valence-corrected chi connectivity index (χ2v) is 6.69. The van der Waals surface area contributed by atoms with Gasteiger partial charge in [0.1, 0.15) is 4.99 Å². The quantitative estimate of drug-likeness (QED) is 0.759. The minimum Gasteiger partial charge on any atom is -0.389 e. The maximum Gasteiger partial charge on any atom is 0.240 e. The van der Waals surface area contributed by atoms with E-state index in [1.807, 2.05) is 13.1 Å². The summed E-state index contributed by atoms with van der Waals surface area (Å²) in [6, 6.07) is 8.12.